The topological polar surface area (TPSA) is 62.7 Å². The van der Waals surface area contributed by atoms with Crippen molar-refractivity contribution in [1.82, 2.24) is 10.6 Å². The first-order valence-corrected chi connectivity index (χ1v) is 8.39. The van der Waals surface area contributed by atoms with Gasteiger partial charge in [0.1, 0.15) is 6.04 Å². The third-order valence-corrected chi connectivity index (χ3v) is 5.14. The average Bonchev–Trinajstić information content (AvgIpc) is 2.82. The lowest BCUT2D eigenvalue weighted by molar-refractivity contribution is -0.122. The van der Waals surface area contributed by atoms with Gasteiger partial charge in [-0.3, -0.25) is 4.79 Å². The minimum Gasteiger partial charge on any atom is -0.383 e. The lowest BCUT2D eigenvalue weighted by Gasteiger charge is -2.32. The van der Waals surface area contributed by atoms with Crippen molar-refractivity contribution in [2.45, 2.75) is 50.6 Å². The quantitative estimate of drug-likeness (QED) is 0.756. The zero-order valence-electron chi connectivity index (χ0n) is 12.4. The fourth-order valence-electron chi connectivity index (χ4n) is 2.73. The largest absolute Gasteiger partial charge is 0.383 e. The van der Waals surface area contributed by atoms with Crippen LogP contribution in [-0.4, -0.2) is 48.7 Å². The standard InChI is InChI=1S/C14H25N3O2S/c1-11(12(18)15-8-9-19-2)16-13-17-14(10-20-13)6-4-3-5-7-14/h11H,3-10H2,1-2H3,(H,15,18)(H,16,17). The predicted octanol–water partition coefficient (Wildman–Crippen LogP) is 1.53. The lowest BCUT2D eigenvalue weighted by atomic mass is 9.83. The highest BCUT2D eigenvalue weighted by atomic mass is 32.2. The molecule has 20 heavy (non-hydrogen) atoms. The van der Waals surface area contributed by atoms with Gasteiger partial charge >= 0.3 is 0 Å². The Kier molecular flexibility index (Phi) is 5.72. The molecule has 2 N–H and O–H groups in total. The van der Waals surface area contributed by atoms with Gasteiger partial charge in [0.15, 0.2) is 5.17 Å². The fourth-order valence-corrected chi connectivity index (χ4v) is 4.03. The molecule has 6 heteroatoms. The van der Waals surface area contributed by atoms with Crippen molar-refractivity contribution in [1.29, 1.82) is 0 Å². The van der Waals surface area contributed by atoms with Crippen LogP contribution in [0.3, 0.4) is 0 Å². The van der Waals surface area contributed by atoms with Gasteiger partial charge in [-0.05, 0) is 19.8 Å². The number of nitrogens with one attached hydrogen (secondary N) is 2. The van der Waals surface area contributed by atoms with Gasteiger partial charge in [-0.15, -0.1) is 0 Å². The second-order valence-electron chi connectivity index (χ2n) is 5.65. The Balaban J connectivity index is 1.83. The van der Waals surface area contributed by atoms with Crippen LogP contribution in [0, 0.1) is 0 Å². The minimum absolute atomic E-state index is 0.0402. The molecule has 5 nitrogen and oxygen atoms in total. The maximum absolute atomic E-state index is 11.9. The molecular weight excluding hydrogens is 274 g/mol. The molecule has 114 valence electrons. The Hall–Kier alpha value is -0.750. The van der Waals surface area contributed by atoms with Gasteiger partial charge in [-0.1, -0.05) is 31.0 Å². The second-order valence-corrected chi connectivity index (χ2v) is 6.61. The van der Waals surface area contributed by atoms with Crippen LogP contribution in [0.1, 0.15) is 39.0 Å². The van der Waals surface area contributed by atoms with Crippen LogP contribution in [0.15, 0.2) is 4.99 Å². The molecule has 1 aliphatic carbocycles. The molecule has 0 bridgehead atoms. The lowest BCUT2D eigenvalue weighted by Crippen LogP contribution is -2.45. The monoisotopic (exact) mass is 299 g/mol. The second kappa shape index (κ2) is 7.31. The number of methoxy groups -OCH3 is 1. The van der Waals surface area contributed by atoms with Crippen LogP contribution in [0.2, 0.25) is 0 Å². The van der Waals surface area contributed by atoms with Crippen LogP contribution < -0.4 is 10.6 Å². The fraction of sp³-hybridized carbons (Fsp3) is 0.857. The van der Waals surface area contributed by atoms with E-state index in [9.17, 15) is 4.79 Å². The van der Waals surface area contributed by atoms with Gasteiger partial charge in [-0.25, -0.2) is 4.99 Å². The maximum atomic E-state index is 11.9. The highest BCUT2D eigenvalue weighted by molar-refractivity contribution is 8.14. The third-order valence-electron chi connectivity index (χ3n) is 3.96. The summed E-state index contributed by atoms with van der Waals surface area (Å²) in [4.78, 5) is 16.4. The van der Waals surface area contributed by atoms with Crippen LogP contribution in [0.4, 0.5) is 0 Å². The maximum Gasteiger partial charge on any atom is 0.244 e. The van der Waals surface area contributed by atoms with Gasteiger partial charge in [0.05, 0.1) is 6.61 Å². The first-order chi connectivity index (χ1) is 9.65. The highest BCUT2D eigenvalue weighted by Gasteiger charge is 2.38. The number of rotatable bonds is 5. The van der Waals surface area contributed by atoms with E-state index in [0.717, 1.165) is 10.9 Å². The smallest absolute Gasteiger partial charge is 0.244 e. The summed E-state index contributed by atoms with van der Waals surface area (Å²) in [5, 5.41) is 7.32. The molecule has 1 aliphatic heterocycles. The summed E-state index contributed by atoms with van der Waals surface area (Å²) in [6.45, 7) is 2.91. The molecule has 0 aromatic rings. The van der Waals surface area contributed by atoms with E-state index in [1.54, 1.807) is 18.9 Å². The minimum atomic E-state index is -0.347. The summed E-state index contributed by atoms with van der Waals surface area (Å²) in [6.07, 6.45) is 6.40. The van der Waals surface area contributed by atoms with Crippen molar-refractivity contribution in [3.63, 3.8) is 0 Å². The first kappa shape index (κ1) is 15.6. The Labute approximate surface area is 125 Å². The van der Waals surface area contributed by atoms with Gasteiger partial charge in [0.2, 0.25) is 5.91 Å². The van der Waals surface area contributed by atoms with E-state index in [1.807, 2.05) is 6.92 Å². The molecule has 1 unspecified atom stereocenters. The van der Waals surface area contributed by atoms with Crippen LogP contribution in [-0.2, 0) is 9.53 Å². The Morgan fingerprint density at radius 3 is 2.95 bits per heavy atom. The number of carbonyl (C=O) groups excluding carboxylic acids is 1. The molecule has 2 aliphatic rings. The number of amides is 1. The zero-order chi connectivity index (χ0) is 14.4. The summed E-state index contributed by atoms with van der Waals surface area (Å²) in [5.41, 5.74) is 0.244. The SMILES string of the molecule is COCCNC(=O)C(C)N=C1NC2(CCCCC2)CS1. The number of aliphatic imine (C=N–C) groups is 1. The van der Waals surface area contributed by atoms with Crippen molar-refractivity contribution in [3.05, 3.63) is 0 Å². The highest BCUT2D eigenvalue weighted by Crippen LogP contribution is 2.36. The summed E-state index contributed by atoms with van der Waals surface area (Å²) >= 11 is 1.76. The summed E-state index contributed by atoms with van der Waals surface area (Å²) in [6, 6.07) is -0.347. The Bertz CT molecular complexity index is 367. The van der Waals surface area contributed by atoms with E-state index >= 15 is 0 Å². The number of hydrogen-bond donors (Lipinski definition) is 2. The van der Waals surface area contributed by atoms with E-state index in [-0.39, 0.29) is 17.5 Å². The summed E-state index contributed by atoms with van der Waals surface area (Å²) in [5.74, 6) is 1.05. The summed E-state index contributed by atoms with van der Waals surface area (Å²) < 4.78 is 4.91. The normalized spacial score (nSPS) is 24.6. The number of hydrogen-bond acceptors (Lipinski definition) is 4. The molecule has 1 spiro atoms. The van der Waals surface area contributed by atoms with Crippen LogP contribution in [0.25, 0.3) is 0 Å². The van der Waals surface area contributed by atoms with Gasteiger partial charge in [0, 0.05) is 24.9 Å². The van der Waals surface area contributed by atoms with Crippen molar-refractivity contribution in [2.24, 2.45) is 4.99 Å². The van der Waals surface area contributed by atoms with Crippen LogP contribution in [0.5, 0.6) is 0 Å². The van der Waals surface area contributed by atoms with E-state index < -0.39 is 0 Å². The number of ether oxygens (including phenoxy) is 1. The Morgan fingerprint density at radius 2 is 2.25 bits per heavy atom. The van der Waals surface area contributed by atoms with Crippen molar-refractivity contribution in [3.8, 4) is 0 Å². The molecule has 2 rings (SSSR count). The molecule has 1 saturated heterocycles. The van der Waals surface area contributed by atoms with E-state index in [2.05, 4.69) is 15.6 Å². The average molecular weight is 299 g/mol. The van der Waals surface area contributed by atoms with Crippen molar-refractivity contribution < 1.29 is 9.53 Å². The van der Waals surface area contributed by atoms with Gasteiger partial charge < -0.3 is 15.4 Å². The number of nitrogens with zero attached hydrogens (tertiary/aromatic N) is 1. The van der Waals surface area contributed by atoms with E-state index in [1.165, 1.54) is 32.1 Å². The summed E-state index contributed by atoms with van der Waals surface area (Å²) in [7, 11) is 1.62. The Morgan fingerprint density at radius 1 is 1.50 bits per heavy atom. The molecule has 1 saturated carbocycles. The molecular formula is C14H25N3O2S. The van der Waals surface area contributed by atoms with E-state index in [4.69, 9.17) is 4.74 Å². The number of thioether (sulfide) groups is 1. The zero-order valence-corrected chi connectivity index (χ0v) is 13.2. The third kappa shape index (κ3) is 4.12. The molecule has 1 amide bonds. The first-order valence-electron chi connectivity index (χ1n) is 7.41. The molecule has 1 atom stereocenters. The van der Waals surface area contributed by atoms with Crippen molar-refractivity contribution >= 4 is 22.8 Å². The molecule has 0 aromatic carbocycles. The van der Waals surface area contributed by atoms with Crippen LogP contribution >= 0.6 is 11.8 Å². The predicted molar refractivity (Wildman–Crippen MR) is 83.2 cm³/mol. The number of carbonyl (C=O) groups is 1. The molecule has 1 heterocycles. The molecule has 0 radical (unpaired) electrons. The molecule has 0 aromatic heterocycles. The van der Waals surface area contributed by atoms with Gasteiger partial charge in [-0.2, -0.15) is 0 Å². The molecule has 2 fully saturated rings. The number of amidine groups is 1. The van der Waals surface area contributed by atoms with Gasteiger partial charge in [0.25, 0.3) is 0 Å². The van der Waals surface area contributed by atoms with Crippen molar-refractivity contribution in [2.75, 3.05) is 26.0 Å². The van der Waals surface area contributed by atoms with E-state index in [0.29, 0.717) is 13.2 Å².